The molecule has 0 aromatic heterocycles. The van der Waals surface area contributed by atoms with Gasteiger partial charge in [0.25, 0.3) is 5.91 Å². The Morgan fingerprint density at radius 2 is 2.00 bits per heavy atom. The minimum Gasteiger partial charge on any atom is -0.508 e. The molecule has 198 valence electrons. The van der Waals surface area contributed by atoms with E-state index in [0.29, 0.717) is 43.3 Å². The fourth-order valence-corrected chi connectivity index (χ4v) is 3.66. The lowest BCUT2D eigenvalue weighted by Gasteiger charge is -2.29. The maximum Gasteiger partial charge on any atom is 0.414 e. The normalized spacial score (nSPS) is 18.6. The highest BCUT2D eigenvalue weighted by Gasteiger charge is 2.33. The van der Waals surface area contributed by atoms with Crippen molar-refractivity contribution in [2.24, 2.45) is 0 Å². The van der Waals surface area contributed by atoms with Gasteiger partial charge in [0.2, 0.25) is 5.91 Å². The zero-order valence-electron chi connectivity index (χ0n) is 20.3. The highest BCUT2D eigenvalue weighted by atomic mass is 19.1. The van der Waals surface area contributed by atoms with Crippen LogP contribution in [0.25, 0.3) is 0 Å². The summed E-state index contributed by atoms with van der Waals surface area (Å²) in [6.45, 7) is 6.00. The molecule has 0 radical (unpaired) electrons. The van der Waals surface area contributed by atoms with Crippen LogP contribution in [0.3, 0.4) is 0 Å². The number of morpholine rings is 1. The summed E-state index contributed by atoms with van der Waals surface area (Å²) in [7, 11) is 1.25. The minimum atomic E-state index is -0.669. The number of nitrogens with one attached hydrogen (secondary N) is 2. The van der Waals surface area contributed by atoms with Crippen molar-refractivity contribution in [3.63, 3.8) is 0 Å². The zero-order valence-corrected chi connectivity index (χ0v) is 20.3. The average molecular weight is 517 g/mol. The summed E-state index contributed by atoms with van der Waals surface area (Å²) in [4.78, 5) is 43.5. The molecule has 2 saturated heterocycles. The van der Waals surface area contributed by atoms with E-state index < -0.39 is 29.8 Å². The summed E-state index contributed by atoms with van der Waals surface area (Å²) < 4.78 is 25.3. The molecule has 1 aromatic rings. The van der Waals surface area contributed by atoms with Gasteiger partial charge in [0.1, 0.15) is 17.7 Å². The summed E-state index contributed by atoms with van der Waals surface area (Å²) in [5, 5.41) is 12.4. The highest BCUT2D eigenvalue weighted by molar-refractivity contribution is 5.91. The molecule has 3 rings (SSSR count). The second kappa shape index (κ2) is 13.2. The molecule has 0 bridgehead atoms. The molecular formula is C25H29FN4O7. The maximum atomic E-state index is 14.7. The Morgan fingerprint density at radius 3 is 2.68 bits per heavy atom. The number of carbonyl (C=O) groups is 3. The summed E-state index contributed by atoms with van der Waals surface area (Å²) in [5.74, 6) is -1.97. The van der Waals surface area contributed by atoms with Crippen LogP contribution in [0.1, 0.15) is 0 Å². The number of anilines is 2. The Balaban J connectivity index is 1.53. The first-order valence-corrected chi connectivity index (χ1v) is 11.4. The lowest BCUT2D eigenvalue weighted by molar-refractivity contribution is -0.126. The largest absolute Gasteiger partial charge is 0.508 e. The Morgan fingerprint density at radius 1 is 1.24 bits per heavy atom. The molecule has 2 aliphatic heterocycles. The third kappa shape index (κ3) is 7.92. The average Bonchev–Trinajstić information content (AvgIpc) is 3.26. The lowest BCUT2D eigenvalue weighted by Crippen LogP contribution is -2.36. The molecule has 1 atom stereocenters. The van der Waals surface area contributed by atoms with Crippen molar-refractivity contribution in [2.75, 3.05) is 56.3 Å². The number of aliphatic hydroxyl groups is 1. The van der Waals surface area contributed by atoms with Gasteiger partial charge < -0.3 is 24.8 Å². The van der Waals surface area contributed by atoms with Crippen LogP contribution in [0.5, 0.6) is 0 Å². The van der Waals surface area contributed by atoms with Crippen molar-refractivity contribution < 1.29 is 38.2 Å². The molecule has 0 aliphatic carbocycles. The van der Waals surface area contributed by atoms with Gasteiger partial charge in [-0.25, -0.2) is 14.7 Å². The number of hydroxylamine groups is 1. The van der Waals surface area contributed by atoms with Gasteiger partial charge in [-0.3, -0.25) is 19.3 Å². The molecule has 1 aromatic carbocycles. The quantitative estimate of drug-likeness (QED) is 0.186. The molecule has 0 unspecified atom stereocenters. The molecule has 3 N–H and O–H groups in total. The number of aliphatic hydroxyl groups excluding tert-OH is 1. The predicted octanol–water partition coefficient (Wildman–Crippen LogP) is 1.89. The molecule has 3 amide bonds. The van der Waals surface area contributed by atoms with Gasteiger partial charge in [-0.05, 0) is 35.9 Å². The van der Waals surface area contributed by atoms with E-state index in [4.69, 9.17) is 9.47 Å². The Hall–Kier alpha value is -4.16. The SMILES string of the molecule is C=CC(/C=C/C(=O)NC[C@H]1CN(c2ccc(N3CCOCC3)c(F)c2)C(=O)O1)=C\C(O)=C\C(=O)NOC. The number of ether oxygens (including phenoxy) is 2. The molecule has 37 heavy (non-hydrogen) atoms. The number of amides is 3. The Kier molecular flexibility index (Phi) is 9.81. The summed E-state index contributed by atoms with van der Waals surface area (Å²) >= 11 is 0. The van der Waals surface area contributed by atoms with Gasteiger partial charge in [-0.1, -0.05) is 12.7 Å². The van der Waals surface area contributed by atoms with E-state index in [1.54, 1.807) is 12.1 Å². The van der Waals surface area contributed by atoms with Crippen LogP contribution in [0, 0.1) is 5.82 Å². The molecule has 11 nitrogen and oxygen atoms in total. The summed E-state index contributed by atoms with van der Waals surface area (Å²) in [5.41, 5.74) is 3.19. The third-order valence-electron chi connectivity index (χ3n) is 5.43. The number of hydrogen-bond acceptors (Lipinski definition) is 8. The standard InChI is InChI=1S/C25H29FN4O7/c1-3-17(12-19(31)14-24(33)28-35-2)4-7-23(32)27-15-20-16-30(25(34)37-20)18-5-6-22(21(26)13-18)29-8-10-36-11-9-29/h3-7,12-14,20,31H,1,8-11,15-16H2,2H3,(H,27,32)(H,28,33)/b7-4+,17-12+,19-14-/t20-/m0/s1. The Bertz CT molecular complexity index is 1110. The molecule has 12 heteroatoms. The van der Waals surface area contributed by atoms with Crippen LogP contribution in [0.15, 0.2) is 66.5 Å². The number of allylic oxidation sites excluding steroid dienone is 4. The topological polar surface area (TPSA) is 130 Å². The number of halogens is 1. The second-order valence-corrected chi connectivity index (χ2v) is 8.02. The molecule has 2 heterocycles. The van der Waals surface area contributed by atoms with Gasteiger partial charge in [0.05, 0.1) is 44.8 Å². The van der Waals surface area contributed by atoms with Gasteiger partial charge in [-0.15, -0.1) is 0 Å². The van der Waals surface area contributed by atoms with E-state index in [1.807, 2.05) is 10.4 Å². The number of carbonyl (C=O) groups excluding carboxylic acids is 3. The summed E-state index contributed by atoms with van der Waals surface area (Å²) in [6.07, 6.45) is 4.81. The van der Waals surface area contributed by atoms with Crippen molar-refractivity contribution in [1.82, 2.24) is 10.8 Å². The highest BCUT2D eigenvalue weighted by Crippen LogP contribution is 2.28. The Labute approximate surface area is 213 Å². The number of hydrogen-bond donors (Lipinski definition) is 3. The van der Waals surface area contributed by atoms with Crippen LogP contribution in [0.2, 0.25) is 0 Å². The van der Waals surface area contributed by atoms with Gasteiger partial charge in [-0.2, -0.15) is 0 Å². The first-order valence-electron chi connectivity index (χ1n) is 11.4. The molecule has 2 aliphatic rings. The van der Waals surface area contributed by atoms with Gasteiger partial charge >= 0.3 is 6.09 Å². The van der Waals surface area contributed by atoms with Crippen LogP contribution in [0.4, 0.5) is 20.6 Å². The van der Waals surface area contributed by atoms with E-state index in [0.717, 1.165) is 6.08 Å². The smallest absolute Gasteiger partial charge is 0.414 e. The van der Waals surface area contributed by atoms with E-state index >= 15 is 0 Å². The first kappa shape index (κ1) is 27.4. The second-order valence-electron chi connectivity index (χ2n) is 8.02. The predicted molar refractivity (Wildman–Crippen MR) is 133 cm³/mol. The van der Waals surface area contributed by atoms with Crippen LogP contribution in [-0.2, 0) is 23.9 Å². The van der Waals surface area contributed by atoms with Crippen molar-refractivity contribution in [3.8, 4) is 0 Å². The van der Waals surface area contributed by atoms with Crippen molar-refractivity contribution >= 4 is 29.3 Å². The monoisotopic (exact) mass is 516 g/mol. The minimum absolute atomic E-state index is 0.0369. The number of benzene rings is 1. The fourth-order valence-electron chi connectivity index (χ4n) is 3.66. The van der Waals surface area contributed by atoms with E-state index in [2.05, 4.69) is 16.7 Å². The van der Waals surface area contributed by atoms with Crippen LogP contribution in [-0.4, -0.2) is 75.6 Å². The zero-order chi connectivity index (χ0) is 26.8. The van der Waals surface area contributed by atoms with Crippen LogP contribution >= 0.6 is 0 Å². The van der Waals surface area contributed by atoms with Crippen molar-refractivity contribution in [3.05, 3.63) is 72.3 Å². The van der Waals surface area contributed by atoms with E-state index in [9.17, 15) is 23.9 Å². The maximum absolute atomic E-state index is 14.7. The van der Waals surface area contributed by atoms with E-state index in [1.165, 1.54) is 42.4 Å². The molecule has 0 saturated carbocycles. The number of cyclic esters (lactones) is 1. The van der Waals surface area contributed by atoms with Crippen LogP contribution < -0.4 is 20.6 Å². The number of nitrogens with zero attached hydrogens (tertiary/aromatic N) is 2. The molecule has 0 spiro atoms. The first-order chi connectivity index (χ1) is 17.8. The van der Waals surface area contributed by atoms with E-state index in [-0.39, 0.29) is 18.8 Å². The summed E-state index contributed by atoms with van der Waals surface area (Å²) in [6, 6.07) is 4.58. The lowest BCUT2D eigenvalue weighted by atomic mass is 10.2. The fraction of sp³-hybridized carbons (Fsp3) is 0.320. The third-order valence-corrected chi connectivity index (χ3v) is 5.43. The molecular weight excluding hydrogens is 487 g/mol. The van der Waals surface area contributed by atoms with Crippen molar-refractivity contribution in [2.45, 2.75) is 6.10 Å². The van der Waals surface area contributed by atoms with Gasteiger partial charge in [0, 0.05) is 25.2 Å². The van der Waals surface area contributed by atoms with Crippen molar-refractivity contribution in [1.29, 1.82) is 0 Å². The number of rotatable bonds is 10. The molecule has 2 fully saturated rings. The van der Waals surface area contributed by atoms with Gasteiger partial charge in [0.15, 0.2) is 0 Å².